The van der Waals surface area contributed by atoms with E-state index < -0.39 is 10.8 Å². The zero-order valence-electron chi connectivity index (χ0n) is 14.1. The monoisotopic (exact) mass is 440 g/mol. The van der Waals surface area contributed by atoms with Crippen LogP contribution in [0.2, 0.25) is 10.0 Å². The summed E-state index contributed by atoms with van der Waals surface area (Å²) in [5.41, 5.74) is 1.87. The van der Waals surface area contributed by atoms with Crippen molar-refractivity contribution in [2.45, 2.75) is 16.5 Å². The highest BCUT2D eigenvalue weighted by atomic mass is 35.5. The van der Waals surface area contributed by atoms with Crippen LogP contribution >= 0.6 is 46.7 Å². The molecule has 0 radical (unpaired) electrons. The number of aliphatic carboxylic acids is 1. The summed E-state index contributed by atoms with van der Waals surface area (Å²) in [4.78, 5) is 22.4. The van der Waals surface area contributed by atoms with Crippen molar-refractivity contribution >= 4 is 58.6 Å². The van der Waals surface area contributed by atoms with E-state index in [0.29, 0.717) is 22.2 Å². The third-order valence-electron chi connectivity index (χ3n) is 4.22. The molecule has 27 heavy (non-hydrogen) atoms. The summed E-state index contributed by atoms with van der Waals surface area (Å²) in [5, 5.41) is 15.2. The zero-order chi connectivity index (χ0) is 19.4. The Bertz CT molecular complexity index is 830. The molecule has 1 saturated heterocycles. The number of thioether (sulfide) groups is 2. The topological polar surface area (TPSA) is 69.2 Å². The van der Waals surface area contributed by atoms with Crippen LogP contribution in [0.3, 0.4) is 0 Å². The van der Waals surface area contributed by atoms with Crippen LogP contribution in [0.25, 0.3) is 0 Å². The summed E-state index contributed by atoms with van der Waals surface area (Å²) in [6.07, 6.45) is 0.518. The third-order valence-corrected chi connectivity index (χ3v) is 7.37. The van der Waals surface area contributed by atoms with Gasteiger partial charge in [0.2, 0.25) is 5.91 Å². The summed E-state index contributed by atoms with van der Waals surface area (Å²) in [6.45, 7) is 0. The molecule has 2 aromatic carbocycles. The van der Waals surface area contributed by atoms with Gasteiger partial charge in [-0.1, -0.05) is 47.5 Å². The van der Waals surface area contributed by atoms with E-state index in [1.165, 1.54) is 23.5 Å². The summed E-state index contributed by atoms with van der Waals surface area (Å²) < 4.78 is 0. The minimum absolute atomic E-state index is 0.0466. The highest BCUT2D eigenvalue weighted by Crippen LogP contribution is 2.48. The molecule has 1 N–H and O–H groups in total. The number of hydrogen-bond acceptors (Lipinski definition) is 5. The number of amides is 1. The van der Waals surface area contributed by atoms with Crippen molar-refractivity contribution in [1.82, 2.24) is 5.32 Å². The van der Waals surface area contributed by atoms with Crippen molar-refractivity contribution in [2.24, 2.45) is 0 Å². The van der Waals surface area contributed by atoms with Gasteiger partial charge < -0.3 is 15.2 Å². The van der Waals surface area contributed by atoms with E-state index in [-0.39, 0.29) is 16.9 Å². The SMILES string of the molecule is O=C([O-])CS[C@H](C[C@@]1(c2ccc(Cl)cc2)NC(=O)CS1)c1ccc(Cl)cc1. The lowest BCUT2D eigenvalue weighted by Gasteiger charge is -2.33. The minimum Gasteiger partial charge on any atom is -0.549 e. The Balaban J connectivity index is 1.94. The lowest BCUT2D eigenvalue weighted by atomic mass is 9.97. The van der Waals surface area contributed by atoms with Gasteiger partial charge in [-0.2, -0.15) is 0 Å². The fourth-order valence-electron chi connectivity index (χ4n) is 2.97. The van der Waals surface area contributed by atoms with E-state index in [2.05, 4.69) is 5.32 Å². The van der Waals surface area contributed by atoms with Crippen molar-refractivity contribution < 1.29 is 14.7 Å². The molecule has 0 bridgehead atoms. The number of nitrogens with one attached hydrogen (secondary N) is 1. The summed E-state index contributed by atoms with van der Waals surface area (Å²) >= 11 is 14.8. The van der Waals surface area contributed by atoms with Crippen LogP contribution in [0, 0.1) is 0 Å². The van der Waals surface area contributed by atoms with E-state index >= 15 is 0 Å². The number of rotatable bonds is 7. The molecule has 2 aromatic rings. The normalized spacial score (nSPS) is 20.3. The average Bonchev–Trinajstić information content (AvgIpc) is 3.01. The number of carbonyl (C=O) groups is 2. The van der Waals surface area contributed by atoms with Gasteiger partial charge in [0.1, 0.15) is 4.87 Å². The van der Waals surface area contributed by atoms with Crippen molar-refractivity contribution in [3.8, 4) is 0 Å². The van der Waals surface area contributed by atoms with Crippen molar-refractivity contribution in [1.29, 1.82) is 0 Å². The van der Waals surface area contributed by atoms with Crippen LogP contribution in [0.4, 0.5) is 0 Å². The lowest BCUT2D eigenvalue weighted by molar-refractivity contribution is -0.301. The van der Waals surface area contributed by atoms with Crippen molar-refractivity contribution in [3.05, 3.63) is 69.7 Å². The van der Waals surface area contributed by atoms with Gasteiger partial charge in [0.05, 0.1) is 11.7 Å². The molecule has 0 spiro atoms. The second-order valence-electron chi connectivity index (χ2n) is 6.10. The number of carboxylic acids is 1. The second kappa shape index (κ2) is 8.78. The largest absolute Gasteiger partial charge is 0.549 e. The highest BCUT2D eigenvalue weighted by molar-refractivity contribution is 8.01. The lowest BCUT2D eigenvalue weighted by Crippen LogP contribution is -2.38. The molecule has 2 atom stereocenters. The van der Waals surface area contributed by atoms with E-state index in [9.17, 15) is 14.7 Å². The van der Waals surface area contributed by atoms with Crippen LogP contribution in [-0.4, -0.2) is 23.4 Å². The molecule has 1 fully saturated rings. The molecule has 0 aliphatic carbocycles. The first-order chi connectivity index (χ1) is 12.9. The van der Waals surface area contributed by atoms with Gasteiger partial charge >= 0.3 is 0 Å². The molecule has 1 amide bonds. The molecule has 3 rings (SSSR count). The van der Waals surface area contributed by atoms with Gasteiger partial charge in [-0.15, -0.1) is 23.5 Å². The van der Waals surface area contributed by atoms with E-state index in [1.807, 2.05) is 24.3 Å². The zero-order valence-corrected chi connectivity index (χ0v) is 17.3. The third kappa shape index (κ3) is 5.13. The van der Waals surface area contributed by atoms with Crippen molar-refractivity contribution in [2.75, 3.05) is 11.5 Å². The predicted octanol–water partition coefficient (Wildman–Crippen LogP) is 3.62. The molecule has 4 nitrogen and oxygen atoms in total. The number of benzene rings is 2. The maximum absolute atomic E-state index is 12.0. The molecular weight excluding hydrogens is 425 g/mol. The molecule has 8 heteroatoms. The van der Waals surface area contributed by atoms with Crippen LogP contribution in [0.15, 0.2) is 48.5 Å². The Morgan fingerprint density at radius 1 is 1.15 bits per heavy atom. The number of hydrogen-bond donors (Lipinski definition) is 1. The highest BCUT2D eigenvalue weighted by Gasteiger charge is 2.42. The Morgan fingerprint density at radius 3 is 2.26 bits per heavy atom. The molecule has 142 valence electrons. The van der Waals surface area contributed by atoms with Gasteiger partial charge in [-0.3, -0.25) is 4.79 Å². The maximum Gasteiger partial charge on any atom is 0.231 e. The van der Waals surface area contributed by atoms with E-state index in [4.69, 9.17) is 23.2 Å². The van der Waals surface area contributed by atoms with Crippen LogP contribution in [0.5, 0.6) is 0 Å². The van der Waals surface area contributed by atoms with Gasteiger partial charge in [0, 0.05) is 27.5 Å². The van der Waals surface area contributed by atoms with Gasteiger partial charge in [0.15, 0.2) is 0 Å². The minimum atomic E-state index is -1.12. The van der Waals surface area contributed by atoms with Crippen LogP contribution < -0.4 is 10.4 Å². The first-order valence-electron chi connectivity index (χ1n) is 8.16. The predicted molar refractivity (Wildman–Crippen MR) is 110 cm³/mol. The number of carboxylic acid groups (broad SMARTS) is 1. The first-order valence-corrected chi connectivity index (χ1v) is 10.9. The molecule has 0 aromatic heterocycles. The summed E-state index contributed by atoms with van der Waals surface area (Å²) in [7, 11) is 0. The molecule has 0 unspecified atom stereocenters. The Hall–Kier alpha value is -1.34. The number of carbonyl (C=O) groups excluding carboxylic acids is 2. The molecule has 1 aliphatic heterocycles. The van der Waals surface area contributed by atoms with Gasteiger partial charge in [-0.05, 0) is 35.4 Å². The number of halogens is 2. The fourth-order valence-corrected chi connectivity index (χ4v) is 5.60. The summed E-state index contributed by atoms with van der Waals surface area (Å²) in [5.74, 6) is -0.957. The van der Waals surface area contributed by atoms with Crippen molar-refractivity contribution in [3.63, 3.8) is 0 Å². The van der Waals surface area contributed by atoms with E-state index in [1.54, 1.807) is 24.3 Å². The molecule has 1 heterocycles. The Labute approximate surface area is 176 Å². The smallest absolute Gasteiger partial charge is 0.231 e. The van der Waals surface area contributed by atoms with Crippen LogP contribution in [-0.2, 0) is 14.5 Å². The average molecular weight is 441 g/mol. The molecule has 0 saturated carbocycles. The molecule has 1 aliphatic rings. The maximum atomic E-state index is 12.0. The first kappa shape index (κ1) is 20.4. The van der Waals surface area contributed by atoms with Crippen LogP contribution in [0.1, 0.15) is 22.8 Å². The fraction of sp³-hybridized carbons (Fsp3) is 0.263. The second-order valence-corrected chi connectivity index (χ2v) is 9.44. The van der Waals surface area contributed by atoms with Gasteiger partial charge in [0.25, 0.3) is 0 Å². The Kier molecular flexibility index (Phi) is 6.63. The molecular formula is C19H16Cl2NO3S2-. The summed E-state index contributed by atoms with van der Waals surface area (Å²) in [6, 6.07) is 14.7. The van der Waals surface area contributed by atoms with Gasteiger partial charge in [-0.25, -0.2) is 0 Å². The standard InChI is InChI=1S/C19H17Cl2NO3S2/c20-14-5-1-12(2-6-14)16(26-11-18(24)25)9-19(22-17(23)10-27-19)13-3-7-15(21)8-4-13/h1-8,16H,9-11H2,(H,22,23)(H,24,25)/p-1/t16-,19-/m1/s1. The quantitative estimate of drug-likeness (QED) is 0.711. The van der Waals surface area contributed by atoms with E-state index in [0.717, 1.165) is 11.1 Å². The Morgan fingerprint density at radius 2 is 1.74 bits per heavy atom.